The number of para-hydroxylation sites is 1. The first-order valence-electron chi connectivity index (χ1n) is 8.02. The highest BCUT2D eigenvalue weighted by Crippen LogP contribution is 2.17. The van der Waals surface area contributed by atoms with Crippen LogP contribution in [0.1, 0.15) is 5.56 Å². The molecule has 26 heavy (non-hydrogen) atoms. The van der Waals surface area contributed by atoms with Crippen molar-refractivity contribution in [3.05, 3.63) is 65.3 Å². The van der Waals surface area contributed by atoms with Gasteiger partial charge in [-0.1, -0.05) is 29.8 Å². The minimum atomic E-state index is -3.74. The number of nitrogens with one attached hydrogen (secondary N) is 3. The van der Waals surface area contributed by atoms with Crippen molar-refractivity contribution in [2.75, 3.05) is 13.1 Å². The van der Waals surface area contributed by atoms with E-state index in [0.717, 1.165) is 16.5 Å². The lowest BCUT2D eigenvalue weighted by Gasteiger charge is -2.08. The van der Waals surface area contributed by atoms with Gasteiger partial charge >= 0.3 is 0 Å². The Morgan fingerprint density at radius 3 is 2.58 bits per heavy atom. The van der Waals surface area contributed by atoms with Crippen LogP contribution in [0.4, 0.5) is 0 Å². The summed E-state index contributed by atoms with van der Waals surface area (Å²) in [5.41, 5.74) is 2.15. The number of carbonyl (C=O) groups is 1. The summed E-state index contributed by atoms with van der Waals surface area (Å²) in [5, 5.41) is 4.28. The van der Waals surface area contributed by atoms with Crippen molar-refractivity contribution in [3.63, 3.8) is 0 Å². The fourth-order valence-electron chi connectivity index (χ4n) is 2.60. The summed E-state index contributed by atoms with van der Waals surface area (Å²) in [6, 6.07) is 13.7. The number of aromatic amines is 1. The van der Waals surface area contributed by atoms with Crippen molar-refractivity contribution in [2.24, 2.45) is 0 Å². The molecule has 136 valence electrons. The monoisotopic (exact) mass is 391 g/mol. The van der Waals surface area contributed by atoms with Gasteiger partial charge in [0, 0.05) is 28.7 Å². The molecule has 0 aliphatic heterocycles. The maximum atomic E-state index is 12.1. The van der Waals surface area contributed by atoms with E-state index < -0.39 is 10.0 Å². The Hall–Kier alpha value is -2.35. The van der Waals surface area contributed by atoms with E-state index >= 15 is 0 Å². The molecular weight excluding hydrogens is 374 g/mol. The van der Waals surface area contributed by atoms with Crippen LogP contribution in [0.5, 0.6) is 0 Å². The van der Waals surface area contributed by atoms with E-state index in [-0.39, 0.29) is 17.3 Å². The zero-order chi connectivity index (χ0) is 18.6. The summed E-state index contributed by atoms with van der Waals surface area (Å²) in [6.45, 7) is 0.0994. The molecule has 0 atom stereocenters. The van der Waals surface area contributed by atoms with Gasteiger partial charge in [-0.15, -0.1) is 0 Å². The summed E-state index contributed by atoms with van der Waals surface area (Å²) in [7, 11) is -3.74. The van der Waals surface area contributed by atoms with Crippen molar-refractivity contribution in [2.45, 2.75) is 11.3 Å². The number of sulfonamides is 1. The molecule has 6 nitrogen and oxygen atoms in total. The molecule has 1 aromatic heterocycles. The van der Waals surface area contributed by atoms with Gasteiger partial charge in [0.15, 0.2) is 0 Å². The number of benzene rings is 2. The van der Waals surface area contributed by atoms with Gasteiger partial charge in [0.2, 0.25) is 15.9 Å². The van der Waals surface area contributed by atoms with Crippen LogP contribution in [0, 0.1) is 0 Å². The first-order chi connectivity index (χ1) is 12.5. The molecule has 0 aliphatic carbocycles. The fraction of sp³-hybridized carbons (Fsp3) is 0.167. The lowest BCUT2D eigenvalue weighted by Crippen LogP contribution is -2.37. The lowest BCUT2D eigenvalue weighted by atomic mass is 10.1. The number of carbonyl (C=O) groups excluding carboxylic acids is 1. The van der Waals surface area contributed by atoms with Crippen LogP contribution in [0.3, 0.4) is 0 Å². The van der Waals surface area contributed by atoms with Crippen molar-refractivity contribution in [1.82, 2.24) is 15.0 Å². The molecule has 0 saturated heterocycles. The van der Waals surface area contributed by atoms with Crippen LogP contribution < -0.4 is 10.0 Å². The molecule has 3 aromatic rings. The molecule has 0 spiro atoms. The third-order valence-electron chi connectivity index (χ3n) is 3.94. The Morgan fingerprint density at radius 2 is 1.81 bits per heavy atom. The van der Waals surface area contributed by atoms with Gasteiger partial charge in [-0.05, 0) is 42.3 Å². The van der Waals surface area contributed by atoms with E-state index in [1.807, 2.05) is 30.5 Å². The third kappa shape index (κ3) is 4.43. The van der Waals surface area contributed by atoms with E-state index in [0.29, 0.717) is 18.0 Å². The minimum absolute atomic E-state index is 0.0634. The predicted molar refractivity (Wildman–Crippen MR) is 102 cm³/mol. The highest BCUT2D eigenvalue weighted by atomic mass is 35.5. The molecular formula is C18H18ClN3O3S. The second-order valence-electron chi connectivity index (χ2n) is 5.74. The normalized spacial score (nSPS) is 11.6. The Balaban J connectivity index is 1.49. The van der Waals surface area contributed by atoms with Crippen LogP contribution >= 0.6 is 11.6 Å². The van der Waals surface area contributed by atoms with Crippen molar-refractivity contribution in [3.8, 4) is 0 Å². The molecule has 0 radical (unpaired) electrons. The van der Waals surface area contributed by atoms with Crippen LogP contribution in [0.2, 0.25) is 5.02 Å². The Morgan fingerprint density at radius 1 is 1.08 bits per heavy atom. The first kappa shape index (κ1) is 18.4. The van der Waals surface area contributed by atoms with Gasteiger partial charge in [-0.2, -0.15) is 0 Å². The average molecular weight is 392 g/mol. The number of H-pyrrole nitrogens is 1. The molecule has 8 heteroatoms. The number of fused-ring (bicyclic) bond motifs is 1. The summed E-state index contributed by atoms with van der Waals surface area (Å²) < 4.78 is 26.5. The number of aromatic nitrogens is 1. The molecule has 3 N–H and O–H groups in total. The van der Waals surface area contributed by atoms with Crippen LogP contribution in [-0.4, -0.2) is 32.4 Å². The highest BCUT2D eigenvalue weighted by Gasteiger charge is 2.15. The van der Waals surface area contributed by atoms with Crippen LogP contribution in [-0.2, 0) is 21.2 Å². The topological polar surface area (TPSA) is 91.1 Å². The summed E-state index contributed by atoms with van der Waals surface area (Å²) in [6.07, 6.45) is 2.57. The summed E-state index contributed by atoms with van der Waals surface area (Å²) in [5.74, 6) is -0.387. The molecule has 0 fully saturated rings. The van der Waals surface area contributed by atoms with Gasteiger partial charge in [0.25, 0.3) is 0 Å². The maximum absolute atomic E-state index is 12.1. The quantitative estimate of drug-likeness (QED) is 0.577. The third-order valence-corrected chi connectivity index (χ3v) is 5.61. The number of halogens is 1. The largest absolute Gasteiger partial charge is 0.361 e. The SMILES string of the molecule is O=C(CNS(=O)(=O)c1ccc(Cl)cc1)NCCc1c[nH]c2ccccc12. The van der Waals surface area contributed by atoms with Gasteiger partial charge in [0.1, 0.15) is 0 Å². The summed E-state index contributed by atoms with van der Waals surface area (Å²) >= 11 is 5.74. The Bertz CT molecular complexity index is 1010. The van der Waals surface area contributed by atoms with E-state index in [1.54, 1.807) is 0 Å². The van der Waals surface area contributed by atoms with Gasteiger partial charge < -0.3 is 10.3 Å². The van der Waals surface area contributed by atoms with Crippen molar-refractivity contribution >= 4 is 38.4 Å². The Kier molecular flexibility index (Phi) is 5.61. The molecule has 0 bridgehead atoms. The average Bonchev–Trinajstić information content (AvgIpc) is 3.04. The lowest BCUT2D eigenvalue weighted by molar-refractivity contribution is -0.119. The molecule has 0 unspecified atom stereocenters. The van der Waals surface area contributed by atoms with E-state index in [9.17, 15) is 13.2 Å². The number of hydrogen-bond acceptors (Lipinski definition) is 3. The van der Waals surface area contributed by atoms with E-state index in [1.165, 1.54) is 24.3 Å². The number of rotatable bonds is 7. The zero-order valence-electron chi connectivity index (χ0n) is 13.8. The maximum Gasteiger partial charge on any atom is 0.241 e. The minimum Gasteiger partial charge on any atom is -0.361 e. The number of amides is 1. The van der Waals surface area contributed by atoms with Gasteiger partial charge in [-0.3, -0.25) is 4.79 Å². The second kappa shape index (κ2) is 7.90. The second-order valence-corrected chi connectivity index (χ2v) is 7.94. The van der Waals surface area contributed by atoms with Crippen LogP contribution in [0.25, 0.3) is 10.9 Å². The predicted octanol–water partition coefficient (Wildman–Crippen LogP) is 2.46. The molecule has 3 rings (SSSR count). The standard InChI is InChI=1S/C18H18ClN3O3S/c19-14-5-7-15(8-6-14)26(24,25)22-12-18(23)20-10-9-13-11-21-17-4-2-1-3-16(13)17/h1-8,11,21-22H,9-10,12H2,(H,20,23). The van der Waals surface area contributed by atoms with E-state index in [2.05, 4.69) is 15.0 Å². The van der Waals surface area contributed by atoms with Crippen molar-refractivity contribution in [1.29, 1.82) is 0 Å². The van der Waals surface area contributed by atoms with E-state index in [4.69, 9.17) is 11.6 Å². The highest BCUT2D eigenvalue weighted by molar-refractivity contribution is 7.89. The fourth-order valence-corrected chi connectivity index (χ4v) is 3.70. The Labute approximate surface area is 156 Å². The summed E-state index contributed by atoms with van der Waals surface area (Å²) in [4.78, 5) is 15.1. The first-order valence-corrected chi connectivity index (χ1v) is 9.89. The number of hydrogen-bond donors (Lipinski definition) is 3. The van der Waals surface area contributed by atoms with Gasteiger partial charge in [-0.25, -0.2) is 13.1 Å². The molecule has 0 saturated carbocycles. The van der Waals surface area contributed by atoms with Crippen molar-refractivity contribution < 1.29 is 13.2 Å². The smallest absolute Gasteiger partial charge is 0.241 e. The molecule has 1 amide bonds. The van der Waals surface area contributed by atoms with Crippen LogP contribution in [0.15, 0.2) is 59.6 Å². The molecule has 0 aliphatic rings. The molecule has 1 heterocycles. The van der Waals surface area contributed by atoms with Gasteiger partial charge in [0.05, 0.1) is 11.4 Å². The molecule has 2 aromatic carbocycles. The zero-order valence-corrected chi connectivity index (χ0v) is 15.4.